The Balaban J connectivity index is 2.46. The molecular weight excluding hydrogens is 236 g/mol. The van der Waals surface area contributed by atoms with Gasteiger partial charge in [0.05, 0.1) is 6.73 Å². The van der Waals surface area contributed by atoms with Gasteiger partial charge in [-0.3, -0.25) is 4.90 Å². The standard InChI is InChI=1S/C16H28N2O/c1-4-17(5-2)12-13-18(15-19-6-3)14-16-10-8-7-9-11-16/h7-11H,4-6,12-15H2,1-3H3. The lowest BCUT2D eigenvalue weighted by atomic mass is 10.2. The monoisotopic (exact) mass is 264 g/mol. The maximum absolute atomic E-state index is 5.57. The number of hydrogen-bond donors (Lipinski definition) is 0. The molecular formula is C16H28N2O. The van der Waals surface area contributed by atoms with Crippen LogP contribution in [-0.4, -0.2) is 49.3 Å². The fourth-order valence-electron chi connectivity index (χ4n) is 2.07. The summed E-state index contributed by atoms with van der Waals surface area (Å²) in [6.07, 6.45) is 0. The molecule has 3 heteroatoms. The predicted octanol–water partition coefficient (Wildman–Crippen LogP) is 2.82. The Kier molecular flexibility index (Phi) is 8.47. The Morgan fingerprint density at radius 1 is 0.895 bits per heavy atom. The van der Waals surface area contributed by atoms with Crippen molar-refractivity contribution in [3.63, 3.8) is 0 Å². The summed E-state index contributed by atoms with van der Waals surface area (Å²) >= 11 is 0. The fraction of sp³-hybridized carbons (Fsp3) is 0.625. The summed E-state index contributed by atoms with van der Waals surface area (Å²) in [5.41, 5.74) is 1.35. The van der Waals surface area contributed by atoms with Crippen LogP contribution in [0.1, 0.15) is 26.3 Å². The molecule has 0 radical (unpaired) electrons. The van der Waals surface area contributed by atoms with E-state index in [1.165, 1.54) is 5.56 Å². The summed E-state index contributed by atoms with van der Waals surface area (Å²) in [7, 11) is 0. The lowest BCUT2D eigenvalue weighted by molar-refractivity contribution is 0.0258. The van der Waals surface area contributed by atoms with Crippen molar-refractivity contribution in [3.8, 4) is 0 Å². The third-order valence-electron chi connectivity index (χ3n) is 3.35. The average Bonchev–Trinajstić information content (AvgIpc) is 2.46. The number of benzene rings is 1. The molecule has 0 aliphatic carbocycles. The van der Waals surface area contributed by atoms with Gasteiger partial charge in [-0.1, -0.05) is 44.2 Å². The molecule has 0 bridgehead atoms. The molecule has 0 aromatic heterocycles. The first-order valence-corrected chi connectivity index (χ1v) is 7.36. The van der Waals surface area contributed by atoms with E-state index in [2.05, 4.69) is 54.0 Å². The van der Waals surface area contributed by atoms with Gasteiger partial charge in [0.15, 0.2) is 0 Å². The van der Waals surface area contributed by atoms with Crippen LogP contribution in [0.2, 0.25) is 0 Å². The molecule has 0 atom stereocenters. The summed E-state index contributed by atoms with van der Waals surface area (Å²) in [6.45, 7) is 13.3. The van der Waals surface area contributed by atoms with Crippen LogP contribution in [0.5, 0.6) is 0 Å². The van der Waals surface area contributed by atoms with Crippen LogP contribution < -0.4 is 0 Å². The lowest BCUT2D eigenvalue weighted by Gasteiger charge is -2.26. The average molecular weight is 264 g/mol. The summed E-state index contributed by atoms with van der Waals surface area (Å²) < 4.78 is 5.57. The van der Waals surface area contributed by atoms with E-state index in [0.717, 1.165) is 39.3 Å². The maximum atomic E-state index is 5.57. The van der Waals surface area contributed by atoms with Crippen LogP contribution >= 0.6 is 0 Å². The zero-order valence-electron chi connectivity index (χ0n) is 12.6. The van der Waals surface area contributed by atoms with E-state index in [0.29, 0.717) is 6.73 Å². The number of hydrogen-bond acceptors (Lipinski definition) is 3. The van der Waals surface area contributed by atoms with E-state index in [1.54, 1.807) is 0 Å². The molecule has 0 fully saturated rings. The molecule has 19 heavy (non-hydrogen) atoms. The quantitative estimate of drug-likeness (QED) is 0.604. The van der Waals surface area contributed by atoms with Gasteiger partial charge in [-0.2, -0.15) is 0 Å². The molecule has 1 aromatic rings. The largest absolute Gasteiger partial charge is 0.366 e. The number of likely N-dealkylation sites (N-methyl/N-ethyl adjacent to an activating group) is 1. The van der Waals surface area contributed by atoms with Crippen LogP contribution in [-0.2, 0) is 11.3 Å². The van der Waals surface area contributed by atoms with Crippen molar-refractivity contribution in [1.82, 2.24) is 9.80 Å². The Bertz CT molecular complexity index is 312. The van der Waals surface area contributed by atoms with Gasteiger partial charge in [0.1, 0.15) is 0 Å². The van der Waals surface area contributed by atoms with Gasteiger partial charge in [-0.05, 0) is 25.6 Å². The molecule has 1 rings (SSSR count). The second-order valence-electron chi connectivity index (χ2n) is 4.69. The summed E-state index contributed by atoms with van der Waals surface area (Å²) in [5, 5.41) is 0. The van der Waals surface area contributed by atoms with E-state index in [-0.39, 0.29) is 0 Å². The molecule has 0 unspecified atom stereocenters. The Morgan fingerprint density at radius 3 is 2.11 bits per heavy atom. The molecule has 0 amide bonds. The van der Waals surface area contributed by atoms with Crippen molar-refractivity contribution >= 4 is 0 Å². The summed E-state index contributed by atoms with van der Waals surface area (Å²) in [6, 6.07) is 10.6. The zero-order valence-corrected chi connectivity index (χ0v) is 12.6. The minimum Gasteiger partial charge on any atom is -0.366 e. The third-order valence-corrected chi connectivity index (χ3v) is 3.35. The molecule has 108 valence electrons. The highest BCUT2D eigenvalue weighted by atomic mass is 16.5. The Morgan fingerprint density at radius 2 is 1.53 bits per heavy atom. The van der Waals surface area contributed by atoms with Gasteiger partial charge in [0, 0.05) is 26.2 Å². The number of ether oxygens (including phenoxy) is 1. The second-order valence-corrected chi connectivity index (χ2v) is 4.69. The highest BCUT2D eigenvalue weighted by Crippen LogP contribution is 2.04. The predicted molar refractivity (Wildman–Crippen MR) is 81.1 cm³/mol. The van der Waals surface area contributed by atoms with Crippen molar-refractivity contribution in [2.45, 2.75) is 27.3 Å². The molecule has 0 saturated carbocycles. The van der Waals surface area contributed by atoms with Gasteiger partial charge in [0.25, 0.3) is 0 Å². The highest BCUT2D eigenvalue weighted by Gasteiger charge is 2.08. The molecule has 0 heterocycles. The molecule has 0 spiro atoms. The minimum atomic E-state index is 0.715. The first-order chi connectivity index (χ1) is 9.30. The van der Waals surface area contributed by atoms with Gasteiger partial charge >= 0.3 is 0 Å². The van der Waals surface area contributed by atoms with Crippen molar-refractivity contribution in [2.24, 2.45) is 0 Å². The topological polar surface area (TPSA) is 15.7 Å². The second kappa shape index (κ2) is 9.96. The van der Waals surface area contributed by atoms with E-state index in [9.17, 15) is 0 Å². The molecule has 3 nitrogen and oxygen atoms in total. The van der Waals surface area contributed by atoms with Crippen LogP contribution in [0.15, 0.2) is 30.3 Å². The minimum absolute atomic E-state index is 0.715. The van der Waals surface area contributed by atoms with Crippen molar-refractivity contribution in [1.29, 1.82) is 0 Å². The van der Waals surface area contributed by atoms with Crippen molar-refractivity contribution < 1.29 is 4.74 Å². The van der Waals surface area contributed by atoms with Crippen LogP contribution in [0.3, 0.4) is 0 Å². The number of rotatable bonds is 10. The highest BCUT2D eigenvalue weighted by molar-refractivity contribution is 5.14. The SMILES string of the molecule is CCOCN(CCN(CC)CC)Cc1ccccc1. The number of nitrogens with zero attached hydrogens (tertiary/aromatic N) is 2. The van der Waals surface area contributed by atoms with Crippen LogP contribution in [0.4, 0.5) is 0 Å². The normalized spacial score (nSPS) is 11.4. The van der Waals surface area contributed by atoms with E-state index >= 15 is 0 Å². The van der Waals surface area contributed by atoms with Gasteiger partial charge in [-0.25, -0.2) is 0 Å². The fourth-order valence-corrected chi connectivity index (χ4v) is 2.07. The van der Waals surface area contributed by atoms with Crippen molar-refractivity contribution in [2.75, 3.05) is 39.5 Å². The third kappa shape index (κ3) is 6.71. The van der Waals surface area contributed by atoms with E-state index in [4.69, 9.17) is 4.74 Å². The Labute approximate surface area is 118 Å². The summed E-state index contributed by atoms with van der Waals surface area (Å²) in [4.78, 5) is 4.82. The van der Waals surface area contributed by atoms with Crippen molar-refractivity contribution in [3.05, 3.63) is 35.9 Å². The first-order valence-electron chi connectivity index (χ1n) is 7.36. The molecule has 0 aliphatic rings. The lowest BCUT2D eigenvalue weighted by Crippen LogP contribution is -2.36. The first kappa shape index (κ1) is 16.2. The molecule has 0 N–H and O–H groups in total. The van der Waals surface area contributed by atoms with E-state index < -0.39 is 0 Å². The van der Waals surface area contributed by atoms with Crippen LogP contribution in [0, 0.1) is 0 Å². The van der Waals surface area contributed by atoms with Gasteiger partial charge < -0.3 is 9.64 Å². The van der Waals surface area contributed by atoms with Gasteiger partial charge in [-0.15, -0.1) is 0 Å². The van der Waals surface area contributed by atoms with Crippen LogP contribution in [0.25, 0.3) is 0 Å². The molecule has 0 aliphatic heterocycles. The van der Waals surface area contributed by atoms with E-state index in [1.807, 2.05) is 6.92 Å². The molecule has 0 saturated heterocycles. The summed E-state index contributed by atoms with van der Waals surface area (Å²) in [5.74, 6) is 0. The molecule has 1 aromatic carbocycles. The zero-order chi connectivity index (χ0) is 13.9. The maximum Gasteiger partial charge on any atom is 0.0993 e. The van der Waals surface area contributed by atoms with Gasteiger partial charge in [0.2, 0.25) is 0 Å². The smallest absolute Gasteiger partial charge is 0.0993 e. The Hall–Kier alpha value is -0.900.